The highest BCUT2D eigenvalue weighted by molar-refractivity contribution is 5.72. The number of ether oxygens (including phenoxy) is 2. The second-order valence-corrected chi connectivity index (χ2v) is 2.69. The van der Waals surface area contributed by atoms with Gasteiger partial charge in [0.2, 0.25) is 0 Å². The molecule has 0 aromatic heterocycles. The van der Waals surface area contributed by atoms with Gasteiger partial charge in [0.15, 0.2) is 0 Å². The van der Waals surface area contributed by atoms with Gasteiger partial charge in [-0.3, -0.25) is 4.79 Å². The molecule has 0 aromatic rings. The average Bonchev–Trinajstić information content (AvgIpc) is 2.03. The maximum atomic E-state index is 11.0. The number of aliphatic hydroxyl groups is 1. The van der Waals surface area contributed by atoms with E-state index in [-0.39, 0.29) is 12.6 Å². The first-order valence-electron chi connectivity index (χ1n) is 3.93. The summed E-state index contributed by atoms with van der Waals surface area (Å²) in [6.07, 6.45) is -0.667. The number of rotatable bonds is 5. The molecule has 0 saturated carbocycles. The van der Waals surface area contributed by atoms with Crippen molar-refractivity contribution in [3.8, 4) is 0 Å². The third-order valence-corrected chi connectivity index (χ3v) is 1.63. The van der Waals surface area contributed by atoms with Crippen LogP contribution in [0, 0.1) is 5.92 Å². The van der Waals surface area contributed by atoms with Crippen LogP contribution in [0.3, 0.4) is 0 Å². The number of aliphatic hydroxyl groups excluding tert-OH is 1. The lowest BCUT2D eigenvalue weighted by Crippen LogP contribution is -2.25. The lowest BCUT2D eigenvalue weighted by Gasteiger charge is -2.13. The molecule has 0 heterocycles. The standard InChI is InChI=1S/C8H16O4/c1-6(7(2)9)8(10)12-5-4-11-3/h6-7,9H,4-5H2,1-3H3/t6-,7+/m1/s1. The number of methoxy groups -OCH3 is 1. The van der Waals surface area contributed by atoms with Crippen LogP contribution in [0.4, 0.5) is 0 Å². The van der Waals surface area contributed by atoms with Gasteiger partial charge in [-0.05, 0) is 13.8 Å². The summed E-state index contributed by atoms with van der Waals surface area (Å²) in [6, 6.07) is 0. The van der Waals surface area contributed by atoms with Crippen molar-refractivity contribution in [2.45, 2.75) is 20.0 Å². The highest BCUT2D eigenvalue weighted by Gasteiger charge is 2.19. The van der Waals surface area contributed by atoms with Gasteiger partial charge in [-0.15, -0.1) is 0 Å². The molecular weight excluding hydrogens is 160 g/mol. The Labute approximate surface area is 72.5 Å². The predicted octanol–water partition coefficient (Wildman–Crippen LogP) is 0.193. The Hall–Kier alpha value is -0.610. The molecular formula is C8H16O4. The highest BCUT2D eigenvalue weighted by atomic mass is 16.6. The van der Waals surface area contributed by atoms with E-state index in [1.807, 2.05) is 0 Å². The van der Waals surface area contributed by atoms with Crippen LogP contribution in [0.5, 0.6) is 0 Å². The average molecular weight is 176 g/mol. The lowest BCUT2D eigenvalue weighted by atomic mass is 10.1. The van der Waals surface area contributed by atoms with E-state index < -0.39 is 12.0 Å². The fourth-order valence-electron chi connectivity index (χ4n) is 0.554. The summed E-state index contributed by atoms with van der Waals surface area (Å²) in [6.45, 7) is 3.81. The minimum Gasteiger partial charge on any atom is -0.463 e. The summed E-state index contributed by atoms with van der Waals surface area (Å²) in [7, 11) is 1.53. The van der Waals surface area contributed by atoms with Crippen molar-refractivity contribution in [1.29, 1.82) is 0 Å². The van der Waals surface area contributed by atoms with Crippen LogP contribution in [0.1, 0.15) is 13.8 Å². The molecule has 0 aromatic carbocycles. The molecule has 1 N–H and O–H groups in total. The second-order valence-electron chi connectivity index (χ2n) is 2.69. The van der Waals surface area contributed by atoms with Crippen LogP contribution in [0.2, 0.25) is 0 Å². The minimum absolute atomic E-state index is 0.242. The molecule has 0 amide bonds. The van der Waals surface area contributed by atoms with Crippen LogP contribution < -0.4 is 0 Å². The van der Waals surface area contributed by atoms with E-state index in [1.165, 1.54) is 7.11 Å². The molecule has 0 rings (SSSR count). The lowest BCUT2D eigenvalue weighted by molar-refractivity contribution is -0.152. The Morgan fingerprint density at radius 2 is 2.00 bits per heavy atom. The maximum Gasteiger partial charge on any atom is 0.311 e. The van der Waals surface area contributed by atoms with Crippen LogP contribution in [0.25, 0.3) is 0 Å². The molecule has 72 valence electrons. The molecule has 0 bridgehead atoms. The van der Waals surface area contributed by atoms with Crippen molar-refractivity contribution in [3.05, 3.63) is 0 Å². The summed E-state index contributed by atoms with van der Waals surface area (Å²) in [5.41, 5.74) is 0. The Balaban J connectivity index is 3.57. The van der Waals surface area contributed by atoms with Crippen molar-refractivity contribution in [2.24, 2.45) is 5.92 Å². The summed E-state index contributed by atoms with van der Waals surface area (Å²) in [5, 5.41) is 9.02. The molecule has 0 aliphatic carbocycles. The number of hydrogen-bond donors (Lipinski definition) is 1. The van der Waals surface area contributed by atoms with Crippen LogP contribution in [-0.4, -0.2) is 37.5 Å². The summed E-state index contributed by atoms with van der Waals surface area (Å²) < 4.78 is 9.47. The molecule has 0 aliphatic heterocycles. The van der Waals surface area contributed by atoms with Crippen molar-refractivity contribution >= 4 is 5.97 Å². The zero-order valence-corrected chi connectivity index (χ0v) is 7.74. The first-order chi connectivity index (χ1) is 5.59. The summed E-state index contributed by atoms with van der Waals surface area (Å²) in [5.74, 6) is -0.857. The van der Waals surface area contributed by atoms with Gasteiger partial charge in [0, 0.05) is 7.11 Å². The fraction of sp³-hybridized carbons (Fsp3) is 0.875. The SMILES string of the molecule is COCCOC(=O)[C@H](C)[C@H](C)O. The van der Waals surface area contributed by atoms with Crippen molar-refractivity contribution in [1.82, 2.24) is 0 Å². The van der Waals surface area contributed by atoms with Crippen LogP contribution in [-0.2, 0) is 14.3 Å². The maximum absolute atomic E-state index is 11.0. The van der Waals surface area contributed by atoms with E-state index in [4.69, 9.17) is 14.6 Å². The van der Waals surface area contributed by atoms with E-state index in [0.717, 1.165) is 0 Å². The third kappa shape index (κ3) is 4.31. The predicted molar refractivity (Wildman–Crippen MR) is 43.7 cm³/mol. The molecule has 12 heavy (non-hydrogen) atoms. The largest absolute Gasteiger partial charge is 0.463 e. The number of esters is 1. The summed E-state index contributed by atoms with van der Waals surface area (Å²) in [4.78, 5) is 11.0. The van der Waals surface area contributed by atoms with E-state index >= 15 is 0 Å². The van der Waals surface area contributed by atoms with Gasteiger partial charge in [0.05, 0.1) is 18.6 Å². The molecule has 0 saturated heterocycles. The number of carbonyl (C=O) groups excluding carboxylic acids is 1. The van der Waals surface area contributed by atoms with Gasteiger partial charge in [-0.2, -0.15) is 0 Å². The molecule has 4 nitrogen and oxygen atoms in total. The van der Waals surface area contributed by atoms with Crippen molar-refractivity contribution in [2.75, 3.05) is 20.3 Å². The minimum atomic E-state index is -0.667. The van der Waals surface area contributed by atoms with Crippen molar-refractivity contribution in [3.63, 3.8) is 0 Å². The second kappa shape index (κ2) is 5.97. The molecule has 0 aliphatic rings. The number of hydrogen-bond acceptors (Lipinski definition) is 4. The third-order valence-electron chi connectivity index (χ3n) is 1.63. The summed E-state index contributed by atoms with van der Waals surface area (Å²) >= 11 is 0. The molecule has 0 spiro atoms. The first-order valence-corrected chi connectivity index (χ1v) is 3.93. The quantitative estimate of drug-likeness (QED) is 0.480. The van der Waals surface area contributed by atoms with Crippen LogP contribution in [0.15, 0.2) is 0 Å². The van der Waals surface area contributed by atoms with E-state index in [2.05, 4.69) is 0 Å². The normalized spacial score (nSPS) is 15.3. The van der Waals surface area contributed by atoms with Gasteiger partial charge < -0.3 is 14.6 Å². The zero-order valence-electron chi connectivity index (χ0n) is 7.74. The smallest absolute Gasteiger partial charge is 0.311 e. The first kappa shape index (κ1) is 11.4. The molecule has 2 atom stereocenters. The topological polar surface area (TPSA) is 55.8 Å². The van der Waals surface area contributed by atoms with E-state index in [9.17, 15) is 4.79 Å². The fourth-order valence-corrected chi connectivity index (χ4v) is 0.554. The van der Waals surface area contributed by atoms with E-state index in [1.54, 1.807) is 13.8 Å². The van der Waals surface area contributed by atoms with Crippen molar-refractivity contribution < 1.29 is 19.4 Å². The van der Waals surface area contributed by atoms with Gasteiger partial charge in [-0.25, -0.2) is 0 Å². The van der Waals surface area contributed by atoms with E-state index in [0.29, 0.717) is 6.61 Å². The Morgan fingerprint density at radius 1 is 1.42 bits per heavy atom. The monoisotopic (exact) mass is 176 g/mol. The number of carbonyl (C=O) groups is 1. The van der Waals surface area contributed by atoms with Gasteiger partial charge in [0.25, 0.3) is 0 Å². The zero-order chi connectivity index (χ0) is 9.56. The molecule has 0 unspecified atom stereocenters. The van der Waals surface area contributed by atoms with Gasteiger partial charge in [0.1, 0.15) is 6.61 Å². The molecule has 0 radical (unpaired) electrons. The molecule has 4 heteroatoms. The Morgan fingerprint density at radius 3 is 2.42 bits per heavy atom. The highest BCUT2D eigenvalue weighted by Crippen LogP contribution is 2.03. The van der Waals surface area contributed by atoms with Gasteiger partial charge in [-0.1, -0.05) is 0 Å². The Bertz CT molecular complexity index is 133. The van der Waals surface area contributed by atoms with Gasteiger partial charge >= 0.3 is 5.97 Å². The van der Waals surface area contributed by atoms with Crippen LogP contribution >= 0.6 is 0 Å². The molecule has 0 fully saturated rings. The Kier molecular flexibility index (Phi) is 5.66.